The molecule has 0 aliphatic rings. The number of carbonyl (C=O) groups is 2. The largest absolute Gasteiger partial charge is 0.462 e. The van der Waals surface area contributed by atoms with Crippen LogP contribution in [-0.4, -0.2) is 25.2 Å². The third-order valence-corrected chi connectivity index (χ3v) is 3.24. The van der Waals surface area contributed by atoms with Crippen LogP contribution in [0.1, 0.15) is 54.0 Å². The zero-order valence-electron chi connectivity index (χ0n) is 13.7. The van der Waals surface area contributed by atoms with E-state index in [2.05, 4.69) is 0 Å². The van der Waals surface area contributed by atoms with Crippen LogP contribution in [0.4, 0.5) is 0 Å². The van der Waals surface area contributed by atoms with Gasteiger partial charge in [-0.3, -0.25) is 0 Å². The van der Waals surface area contributed by atoms with E-state index in [9.17, 15) is 9.59 Å². The summed E-state index contributed by atoms with van der Waals surface area (Å²) < 4.78 is 10.4. The predicted octanol–water partition coefficient (Wildman–Crippen LogP) is 4.27. The number of rotatable bonds is 6. The van der Waals surface area contributed by atoms with E-state index in [0.29, 0.717) is 17.2 Å². The summed E-state index contributed by atoms with van der Waals surface area (Å²) in [6.45, 7) is 10.1. The van der Waals surface area contributed by atoms with Gasteiger partial charge in [-0.1, -0.05) is 39.3 Å². The third kappa shape index (κ3) is 5.34. The Morgan fingerprint density at radius 2 is 1.36 bits per heavy atom. The lowest BCUT2D eigenvalue weighted by molar-refractivity contribution is 0.0412. The van der Waals surface area contributed by atoms with E-state index >= 15 is 0 Å². The Morgan fingerprint density at radius 1 is 0.955 bits per heavy atom. The minimum Gasteiger partial charge on any atom is -0.462 e. The highest BCUT2D eigenvalue weighted by molar-refractivity contribution is 6.32. The van der Waals surface area contributed by atoms with Gasteiger partial charge in [0.05, 0.1) is 24.3 Å². The normalized spacial score (nSPS) is 10.9. The van der Waals surface area contributed by atoms with Crippen molar-refractivity contribution >= 4 is 23.5 Å². The Morgan fingerprint density at radius 3 is 1.77 bits per heavy atom. The zero-order chi connectivity index (χ0) is 16.9. The van der Waals surface area contributed by atoms with Gasteiger partial charge in [0.2, 0.25) is 0 Å². The number of benzene rings is 1. The number of hydrogen-bond donors (Lipinski definition) is 0. The van der Waals surface area contributed by atoms with Crippen molar-refractivity contribution in [2.75, 3.05) is 13.2 Å². The van der Waals surface area contributed by atoms with E-state index in [4.69, 9.17) is 21.1 Å². The molecule has 4 nitrogen and oxygen atoms in total. The van der Waals surface area contributed by atoms with E-state index in [1.807, 2.05) is 27.7 Å². The lowest BCUT2D eigenvalue weighted by Gasteiger charge is -2.13. The van der Waals surface area contributed by atoms with Crippen molar-refractivity contribution < 1.29 is 19.1 Å². The smallest absolute Gasteiger partial charge is 0.339 e. The molecule has 0 aromatic heterocycles. The SMILES string of the molecule is Cc1cc(C(=O)OCC(C)C)c(C(=O)OCC(C)C)cc1Cl. The number of hydrogen-bond acceptors (Lipinski definition) is 4. The van der Waals surface area contributed by atoms with Gasteiger partial charge in [-0.2, -0.15) is 0 Å². The number of esters is 2. The maximum Gasteiger partial charge on any atom is 0.339 e. The summed E-state index contributed by atoms with van der Waals surface area (Å²) in [5, 5.41) is 0.414. The van der Waals surface area contributed by atoms with Crippen LogP contribution in [0.2, 0.25) is 5.02 Å². The Bertz CT molecular complexity index is 501. The van der Waals surface area contributed by atoms with Gasteiger partial charge in [0.15, 0.2) is 0 Å². The highest BCUT2D eigenvalue weighted by Crippen LogP contribution is 2.23. The third-order valence-electron chi connectivity index (χ3n) is 2.83. The Balaban J connectivity index is 3.06. The molecule has 0 saturated heterocycles. The lowest BCUT2D eigenvalue weighted by atomic mass is 10.0. The molecular formula is C17H23ClO4. The van der Waals surface area contributed by atoms with Crippen LogP contribution in [0, 0.1) is 18.8 Å². The summed E-state index contributed by atoms with van der Waals surface area (Å²) in [5.74, 6) is -0.674. The predicted molar refractivity (Wildman–Crippen MR) is 86.4 cm³/mol. The molecular weight excluding hydrogens is 304 g/mol. The zero-order valence-corrected chi connectivity index (χ0v) is 14.5. The average Bonchev–Trinajstić information content (AvgIpc) is 2.44. The van der Waals surface area contributed by atoms with Crippen LogP contribution in [0.5, 0.6) is 0 Å². The molecule has 0 heterocycles. The summed E-state index contributed by atoms with van der Waals surface area (Å²) in [5.41, 5.74) is 1.04. The van der Waals surface area contributed by atoms with Crippen molar-refractivity contribution in [3.8, 4) is 0 Å². The fraction of sp³-hybridized carbons (Fsp3) is 0.529. The molecule has 0 amide bonds. The second-order valence-electron chi connectivity index (χ2n) is 6.13. The van der Waals surface area contributed by atoms with E-state index in [1.54, 1.807) is 13.0 Å². The molecule has 0 N–H and O–H groups in total. The molecule has 0 unspecified atom stereocenters. The van der Waals surface area contributed by atoms with E-state index in [0.717, 1.165) is 0 Å². The van der Waals surface area contributed by atoms with Crippen molar-refractivity contribution in [2.24, 2.45) is 11.8 Å². The van der Waals surface area contributed by atoms with Gasteiger partial charge in [0.1, 0.15) is 0 Å². The first-order chi connectivity index (χ1) is 10.2. The summed E-state index contributed by atoms with van der Waals surface area (Å²) >= 11 is 6.06. The summed E-state index contributed by atoms with van der Waals surface area (Å²) in [6, 6.07) is 3.03. The van der Waals surface area contributed by atoms with Gasteiger partial charge in [0.25, 0.3) is 0 Å². The Labute approximate surface area is 136 Å². The number of aryl methyl sites for hydroxylation is 1. The van der Waals surface area contributed by atoms with Gasteiger partial charge in [-0.05, 0) is 36.5 Å². The van der Waals surface area contributed by atoms with Crippen LogP contribution < -0.4 is 0 Å². The monoisotopic (exact) mass is 326 g/mol. The molecule has 122 valence electrons. The summed E-state index contributed by atoms with van der Waals surface area (Å²) in [7, 11) is 0. The molecule has 1 aromatic carbocycles. The average molecular weight is 327 g/mol. The summed E-state index contributed by atoms with van der Waals surface area (Å²) in [6.07, 6.45) is 0. The molecule has 0 aliphatic heterocycles. The van der Waals surface area contributed by atoms with Gasteiger partial charge in [-0.15, -0.1) is 0 Å². The molecule has 0 radical (unpaired) electrons. The van der Waals surface area contributed by atoms with Crippen molar-refractivity contribution in [3.05, 3.63) is 33.8 Å². The van der Waals surface area contributed by atoms with Crippen LogP contribution in [0.25, 0.3) is 0 Å². The van der Waals surface area contributed by atoms with Gasteiger partial charge < -0.3 is 9.47 Å². The highest BCUT2D eigenvalue weighted by atomic mass is 35.5. The molecule has 0 aliphatic carbocycles. The maximum atomic E-state index is 12.2. The number of halogens is 1. The van der Waals surface area contributed by atoms with E-state index in [-0.39, 0.29) is 29.6 Å². The molecule has 0 bridgehead atoms. The quantitative estimate of drug-likeness (QED) is 0.732. The molecule has 0 spiro atoms. The topological polar surface area (TPSA) is 52.6 Å². The molecule has 0 fully saturated rings. The first-order valence-corrected chi connectivity index (χ1v) is 7.74. The Kier molecular flexibility index (Phi) is 6.88. The second-order valence-corrected chi connectivity index (χ2v) is 6.54. The second kappa shape index (κ2) is 8.18. The lowest BCUT2D eigenvalue weighted by Crippen LogP contribution is -2.17. The molecule has 0 saturated carbocycles. The number of carbonyl (C=O) groups excluding carboxylic acids is 2. The van der Waals surface area contributed by atoms with Gasteiger partial charge in [-0.25, -0.2) is 9.59 Å². The summed E-state index contributed by atoms with van der Waals surface area (Å²) in [4.78, 5) is 24.4. The minimum atomic E-state index is -0.563. The van der Waals surface area contributed by atoms with Crippen LogP contribution >= 0.6 is 11.6 Å². The fourth-order valence-electron chi connectivity index (χ4n) is 1.66. The van der Waals surface area contributed by atoms with Crippen LogP contribution in [-0.2, 0) is 9.47 Å². The van der Waals surface area contributed by atoms with Gasteiger partial charge >= 0.3 is 11.9 Å². The van der Waals surface area contributed by atoms with Crippen molar-refractivity contribution in [3.63, 3.8) is 0 Å². The van der Waals surface area contributed by atoms with Crippen molar-refractivity contribution in [1.82, 2.24) is 0 Å². The molecule has 22 heavy (non-hydrogen) atoms. The maximum absolute atomic E-state index is 12.2. The standard InChI is InChI=1S/C17H23ClO4/c1-10(2)8-21-16(19)13-6-12(5)15(18)7-14(13)17(20)22-9-11(3)4/h6-7,10-11H,8-9H2,1-5H3. The van der Waals surface area contributed by atoms with E-state index < -0.39 is 11.9 Å². The van der Waals surface area contributed by atoms with Crippen LogP contribution in [0.15, 0.2) is 12.1 Å². The first-order valence-electron chi connectivity index (χ1n) is 7.36. The fourth-order valence-corrected chi connectivity index (χ4v) is 1.82. The van der Waals surface area contributed by atoms with Crippen molar-refractivity contribution in [2.45, 2.75) is 34.6 Å². The van der Waals surface area contributed by atoms with Crippen molar-refractivity contribution in [1.29, 1.82) is 0 Å². The first kappa shape index (κ1) is 18.5. The molecule has 1 aromatic rings. The van der Waals surface area contributed by atoms with E-state index in [1.165, 1.54) is 6.07 Å². The molecule has 1 rings (SSSR count). The van der Waals surface area contributed by atoms with Gasteiger partial charge in [0, 0.05) is 5.02 Å². The van der Waals surface area contributed by atoms with Crippen LogP contribution in [0.3, 0.4) is 0 Å². The number of ether oxygens (including phenoxy) is 2. The molecule has 0 atom stereocenters. The Hall–Kier alpha value is -1.55. The molecule has 5 heteroatoms. The minimum absolute atomic E-state index is 0.144. The highest BCUT2D eigenvalue weighted by Gasteiger charge is 2.22.